The van der Waals surface area contributed by atoms with Crippen LogP contribution >= 0.6 is 0 Å². The first kappa shape index (κ1) is 26.4. The molecule has 1 aliphatic heterocycles. The lowest BCUT2D eigenvalue weighted by Crippen LogP contribution is -2.34. The van der Waals surface area contributed by atoms with E-state index in [0.29, 0.717) is 42.2 Å². The van der Waals surface area contributed by atoms with Crippen LogP contribution in [0.3, 0.4) is 0 Å². The smallest absolute Gasteiger partial charge is 0.318 e. The maximum atomic E-state index is 11.9. The number of rotatable bonds is 8. The van der Waals surface area contributed by atoms with Crippen LogP contribution in [-0.2, 0) is 22.4 Å². The van der Waals surface area contributed by atoms with E-state index in [1.807, 2.05) is 17.2 Å². The Bertz CT molecular complexity index is 1310. The highest BCUT2D eigenvalue weighted by molar-refractivity contribution is 5.75. The molecule has 2 unspecified atom stereocenters. The lowest BCUT2D eigenvalue weighted by atomic mass is 9.98. The van der Waals surface area contributed by atoms with Crippen LogP contribution < -0.4 is 21.8 Å². The molecule has 13 nitrogen and oxygen atoms in total. The van der Waals surface area contributed by atoms with Gasteiger partial charge in [0.2, 0.25) is 5.95 Å². The molecule has 1 fully saturated rings. The summed E-state index contributed by atoms with van der Waals surface area (Å²) >= 11 is 0. The summed E-state index contributed by atoms with van der Waals surface area (Å²) in [5.74, 6) is 6.54. The van der Waals surface area contributed by atoms with Crippen LogP contribution in [0.4, 0.5) is 12.0 Å². The van der Waals surface area contributed by atoms with Gasteiger partial charge in [-0.2, -0.15) is 0 Å². The van der Waals surface area contributed by atoms with Crippen LogP contribution in [0.1, 0.15) is 38.4 Å². The van der Waals surface area contributed by atoms with Crippen LogP contribution in [0.15, 0.2) is 47.0 Å². The molecule has 1 aliphatic carbocycles. The van der Waals surface area contributed by atoms with Gasteiger partial charge in [-0.05, 0) is 45.2 Å². The summed E-state index contributed by atoms with van der Waals surface area (Å²) in [5, 5.41) is 13.0. The zero-order chi connectivity index (χ0) is 27.6. The van der Waals surface area contributed by atoms with Gasteiger partial charge in [0.1, 0.15) is 0 Å². The fraction of sp³-hybridized carbons (Fsp3) is 0.462. The number of anilines is 2. The van der Waals surface area contributed by atoms with E-state index in [-0.39, 0.29) is 24.7 Å². The SMILES string of the molecule is CC(C)(C)C(=O)OCN(N)/C=C(\N)C1CCN(c2nnc(-c3cnc(NC4Cc5cccnc5C4)nc3)o2)C1. The molecule has 0 bridgehead atoms. The number of hydrogen-bond donors (Lipinski definition) is 3. The van der Waals surface area contributed by atoms with Crippen molar-refractivity contribution < 1.29 is 13.9 Å². The second kappa shape index (κ2) is 10.8. The third kappa shape index (κ3) is 6.25. The van der Waals surface area contributed by atoms with Crippen molar-refractivity contribution in [3.63, 3.8) is 0 Å². The second-order valence-electron chi connectivity index (χ2n) is 10.9. The third-order valence-electron chi connectivity index (χ3n) is 6.74. The lowest BCUT2D eigenvalue weighted by molar-refractivity contribution is -0.156. The van der Waals surface area contributed by atoms with Gasteiger partial charge in [-0.15, -0.1) is 5.10 Å². The molecule has 2 atom stereocenters. The zero-order valence-electron chi connectivity index (χ0n) is 22.4. The molecule has 2 aliphatic rings. The Labute approximate surface area is 226 Å². The van der Waals surface area contributed by atoms with Gasteiger partial charge < -0.3 is 25.1 Å². The van der Waals surface area contributed by atoms with E-state index < -0.39 is 5.41 Å². The second-order valence-corrected chi connectivity index (χ2v) is 10.9. The number of carbonyl (C=O) groups is 1. The summed E-state index contributed by atoms with van der Waals surface area (Å²) in [6.07, 6.45) is 9.29. The summed E-state index contributed by atoms with van der Waals surface area (Å²) < 4.78 is 11.1. The number of aromatic nitrogens is 5. The molecular formula is C26H34N10O3. The monoisotopic (exact) mass is 534 g/mol. The summed E-state index contributed by atoms with van der Waals surface area (Å²) in [5.41, 5.74) is 9.28. The molecule has 5 N–H and O–H groups in total. The fourth-order valence-corrected chi connectivity index (χ4v) is 4.56. The molecule has 4 heterocycles. The number of esters is 1. The Balaban J connectivity index is 1.13. The van der Waals surface area contributed by atoms with Gasteiger partial charge in [-0.3, -0.25) is 14.8 Å². The normalized spacial score (nSPS) is 19.2. The van der Waals surface area contributed by atoms with Crippen LogP contribution in [0, 0.1) is 11.3 Å². The first-order valence-corrected chi connectivity index (χ1v) is 12.9. The molecule has 39 heavy (non-hydrogen) atoms. The highest BCUT2D eigenvalue weighted by Gasteiger charge is 2.29. The van der Waals surface area contributed by atoms with E-state index >= 15 is 0 Å². The van der Waals surface area contributed by atoms with Crippen LogP contribution in [-0.4, -0.2) is 62.0 Å². The minimum absolute atomic E-state index is 0.0373. The number of hydrazine groups is 1. The summed E-state index contributed by atoms with van der Waals surface area (Å²) in [6, 6.07) is 4.68. The van der Waals surface area contributed by atoms with Crippen molar-refractivity contribution in [3.05, 3.63) is 53.9 Å². The Hall–Kier alpha value is -4.26. The number of hydrogen-bond acceptors (Lipinski definition) is 13. The minimum Gasteiger partial charge on any atom is -0.442 e. The van der Waals surface area contributed by atoms with Crippen molar-refractivity contribution in [2.24, 2.45) is 22.9 Å². The summed E-state index contributed by atoms with van der Waals surface area (Å²) in [7, 11) is 0. The van der Waals surface area contributed by atoms with Gasteiger partial charge in [0.15, 0.2) is 6.73 Å². The Morgan fingerprint density at radius 2 is 2.05 bits per heavy atom. The average molecular weight is 535 g/mol. The van der Waals surface area contributed by atoms with E-state index in [2.05, 4.69) is 36.5 Å². The summed E-state index contributed by atoms with van der Waals surface area (Å²) in [6.45, 7) is 6.56. The predicted octanol–water partition coefficient (Wildman–Crippen LogP) is 1.85. The molecule has 206 valence electrons. The molecule has 3 aromatic heterocycles. The Kier molecular flexibility index (Phi) is 7.33. The molecule has 0 aromatic carbocycles. The number of nitrogens with one attached hydrogen (secondary N) is 1. The first-order chi connectivity index (χ1) is 18.7. The first-order valence-electron chi connectivity index (χ1n) is 12.9. The fourth-order valence-electron chi connectivity index (χ4n) is 4.56. The molecular weight excluding hydrogens is 500 g/mol. The number of nitrogens with zero attached hydrogens (tertiary/aromatic N) is 7. The Morgan fingerprint density at radius 3 is 2.79 bits per heavy atom. The number of carbonyl (C=O) groups excluding carboxylic acids is 1. The van der Waals surface area contributed by atoms with E-state index in [4.69, 9.17) is 20.7 Å². The predicted molar refractivity (Wildman–Crippen MR) is 143 cm³/mol. The number of nitrogens with two attached hydrogens (primary N) is 2. The summed E-state index contributed by atoms with van der Waals surface area (Å²) in [4.78, 5) is 27.2. The van der Waals surface area contributed by atoms with Crippen molar-refractivity contribution in [3.8, 4) is 11.5 Å². The zero-order valence-corrected chi connectivity index (χ0v) is 22.4. The van der Waals surface area contributed by atoms with Gasteiger partial charge in [0.25, 0.3) is 5.89 Å². The van der Waals surface area contributed by atoms with E-state index in [0.717, 1.165) is 25.0 Å². The number of ether oxygens (including phenoxy) is 1. The van der Waals surface area contributed by atoms with Crippen LogP contribution in [0.25, 0.3) is 11.5 Å². The highest BCUT2D eigenvalue weighted by atomic mass is 16.5. The topological polar surface area (TPSA) is 174 Å². The standard InChI is InChI=1S/C26H34N10O3/c1-26(2,3)23(37)38-15-36(28)14-20(27)17-6-8-35(13-17)25-34-33-22(39-25)18-11-30-24(31-12-18)32-19-9-16-5-4-7-29-21(16)10-19/h4-5,7,11-12,14,17,19H,6,8-10,13,15,27-28H2,1-3H3,(H,30,31,32)/b20-14-. The third-order valence-corrected chi connectivity index (χ3v) is 6.74. The largest absolute Gasteiger partial charge is 0.442 e. The van der Waals surface area contributed by atoms with E-state index in [1.54, 1.807) is 39.4 Å². The average Bonchev–Trinajstić information content (AvgIpc) is 3.66. The molecule has 5 rings (SSSR count). The van der Waals surface area contributed by atoms with Gasteiger partial charge in [-0.1, -0.05) is 11.2 Å². The van der Waals surface area contributed by atoms with E-state index in [1.165, 1.54) is 10.6 Å². The number of fused-ring (bicyclic) bond motifs is 1. The molecule has 13 heteroatoms. The molecule has 0 saturated carbocycles. The minimum atomic E-state index is -0.601. The maximum Gasteiger partial charge on any atom is 0.318 e. The van der Waals surface area contributed by atoms with Crippen molar-refractivity contribution >= 4 is 17.9 Å². The van der Waals surface area contributed by atoms with Gasteiger partial charge in [0, 0.05) is 67.7 Å². The molecule has 3 aromatic rings. The number of pyridine rings is 1. The quantitative estimate of drug-likeness (QED) is 0.165. The van der Waals surface area contributed by atoms with Gasteiger partial charge >= 0.3 is 12.0 Å². The van der Waals surface area contributed by atoms with Crippen molar-refractivity contribution in [2.75, 3.05) is 30.0 Å². The van der Waals surface area contributed by atoms with Crippen molar-refractivity contribution in [1.29, 1.82) is 0 Å². The van der Waals surface area contributed by atoms with Crippen molar-refractivity contribution in [2.45, 2.75) is 46.1 Å². The Morgan fingerprint density at radius 1 is 1.26 bits per heavy atom. The van der Waals surface area contributed by atoms with Gasteiger partial charge in [0.05, 0.1) is 11.0 Å². The van der Waals surface area contributed by atoms with E-state index in [9.17, 15) is 4.79 Å². The van der Waals surface area contributed by atoms with Crippen LogP contribution in [0.2, 0.25) is 0 Å². The molecule has 0 radical (unpaired) electrons. The molecule has 0 amide bonds. The lowest BCUT2D eigenvalue weighted by Gasteiger charge is -2.21. The van der Waals surface area contributed by atoms with Gasteiger partial charge in [-0.25, -0.2) is 15.8 Å². The van der Waals surface area contributed by atoms with Crippen molar-refractivity contribution in [1.82, 2.24) is 30.2 Å². The molecule has 1 saturated heterocycles. The van der Waals surface area contributed by atoms with Crippen LogP contribution in [0.5, 0.6) is 0 Å². The maximum absolute atomic E-state index is 11.9. The highest BCUT2D eigenvalue weighted by Crippen LogP contribution is 2.28. The molecule has 0 spiro atoms.